The Kier molecular flexibility index (Phi) is 7.17. The van der Waals surface area contributed by atoms with Gasteiger partial charge in [-0.15, -0.1) is 0 Å². The lowest BCUT2D eigenvalue weighted by atomic mass is 9.90. The van der Waals surface area contributed by atoms with Crippen LogP contribution in [0.3, 0.4) is 0 Å². The fraction of sp³-hybridized carbons (Fsp3) is 0. The summed E-state index contributed by atoms with van der Waals surface area (Å²) in [7, 11) is 0. The Morgan fingerprint density at radius 1 is 0.364 bits per heavy atom. The predicted octanol–water partition coefficient (Wildman–Crippen LogP) is 13.7. The predicted molar refractivity (Wildman–Crippen MR) is 231 cm³/mol. The van der Waals surface area contributed by atoms with Crippen molar-refractivity contribution in [3.05, 3.63) is 200 Å². The fourth-order valence-corrected chi connectivity index (χ4v) is 8.49. The third-order valence-electron chi connectivity index (χ3n) is 10.9. The zero-order chi connectivity index (χ0) is 36.3. The lowest BCUT2D eigenvalue weighted by molar-refractivity contribution is 1.18. The van der Waals surface area contributed by atoms with Crippen LogP contribution in [0, 0.1) is 0 Å². The van der Waals surface area contributed by atoms with E-state index in [4.69, 9.17) is 9.97 Å². The highest BCUT2D eigenvalue weighted by Gasteiger charge is 2.19. The van der Waals surface area contributed by atoms with E-state index in [0.717, 1.165) is 39.3 Å². The molecule has 0 aliphatic heterocycles. The summed E-state index contributed by atoms with van der Waals surface area (Å²) < 4.78 is 2.40. The zero-order valence-electron chi connectivity index (χ0n) is 29.9. The minimum absolute atomic E-state index is 0.700. The van der Waals surface area contributed by atoms with Gasteiger partial charge in [0.25, 0.3) is 0 Å². The molecule has 11 rings (SSSR count). The molecule has 0 N–H and O–H groups in total. The topological polar surface area (TPSA) is 30.7 Å². The van der Waals surface area contributed by atoms with Gasteiger partial charge < -0.3 is 4.57 Å². The summed E-state index contributed by atoms with van der Waals surface area (Å²) >= 11 is 0. The van der Waals surface area contributed by atoms with E-state index in [1.807, 2.05) is 6.07 Å². The van der Waals surface area contributed by atoms with Gasteiger partial charge in [0.2, 0.25) is 0 Å². The number of para-hydroxylation sites is 3. The highest BCUT2D eigenvalue weighted by Crippen LogP contribution is 2.42. The summed E-state index contributed by atoms with van der Waals surface area (Å²) in [6, 6.07) is 71.5. The quantitative estimate of drug-likeness (QED) is 0.132. The standard InChI is InChI=1S/C52H33N3/c1-3-16-35(17-4-1)52-53-46(33-47(54-52)50-42-24-10-8-18-36(42)32-39-30-29-34-15-7-9-23-41(34)49(39)50)38-20-13-19-37(31-38)43-26-14-27-45-44-25-11-12-28-48(44)55(51(43)45)40-21-5-2-6-22-40/h1-33H. The van der Waals surface area contributed by atoms with Crippen LogP contribution in [-0.2, 0) is 0 Å². The second-order valence-corrected chi connectivity index (χ2v) is 14.2. The van der Waals surface area contributed by atoms with Crippen molar-refractivity contribution in [2.75, 3.05) is 0 Å². The smallest absolute Gasteiger partial charge is 0.160 e. The molecule has 0 fully saturated rings. The molecular formula is C52H33N3. The van der Waals surface area contributed by atoms with Gasteiger partial charge in [-0.3, -0.25) is 0 Å². The van der Waals surface area contributed by atoms with Crippen molar-refractivity contribution >= 4 is 54.1 Å². The number of benzene rings is 9. The summed E-state index contributed by atoms with van der Waals surface area (Å²) in [6.07, 6.45) is 0. The number of rotatable bonds is 5. The molecule has 0 bridgehead atoms. The van der Waals surface area contributed by atoms with E-state index in [1.165, 1.54) is 59.7 Å². The first-order valence-corrected chi connectivity index (χ1v) is 18.7. The second-order valence-electron chi connectivity index (χ2n) is 14.2. The molecule has 0 amide bonds. The first-order chi connectivity index (χ1) is 27.3. The molecule has 256 valence electrons. The van der Waals surface area contributed by atoms with Crippen LogP contribution in [-0.4, -0.2) is 14.5 Å². The number of aromatic nitrogens is 3. The van der Waals surface area contributed by atoms with Crippen molar-refractivity contribution < 1.29 is 0 Å². The first kappa shape index (κ1) is 31.2. The van der Waals surface area contributed by atoms with Crippen molar-refractivity contribution in [1.82, 2.24) is 14.5 Å². The molecule has 11 aromatic rings. The maximum atomic E-state index is 5.38. The van der Waals surface area contributed by atoms with Crippen molar-refractivity contribution in [2.45, 2.75) is 0 Å². The lowest BCUT2D eigenvalue weighted by Gasteiger charge is -2.16. The van der Waals surface area contributed by atoms with Crippen LogP contribution in [0.1, 0.15) is 0 Å². The van der Waals surface area contributed by atoms with E-state index >= 15 is 0 Å². The molecular weight excluding hydrogens is 667 g/mol. The van der Waals surface area contributed by atoms with Gasteiger partial charge in [0.1, 0.15) is 0 Å². The molecule has 0 atom stereocenters. The van der Waals surface area contributed by atoms with Gasteiger partial charge in [0.05, 0.1) is 22.4 Å². The third-order valence-corrected chi connectivity index (χ3v) is 10.9. The fourth-order valence-electron chi connectivity index (χ4n) is 8.49. The highest BCUT2D eigenvalue weighted by molar-refractivity contribution is 6.21. The van der Waals surface area contributed by atoms with Crippen LogP contribution in [0.25, 0.3) is 105 Å². The van der Waals surface area contributed by atoms with E-state index in [1.54, 1.807) is 0 Å². The molecule has 3 heteroatoms. The van der Waals surface area contributed by atoms with Gasteiger partial charge >= 0.3 is 0 Å². The molecule has 9 aromatic carbocycles. The van der Waals surface area contributed by atoms with Crippen molar-refractivity contribution in [2.24, 2.45) is 0 Å². The first-order valence-electron chi connectivity index (χ1n) is 18.7. The van der Waals surface area contributed by atoms with Crippen molar-refractivity contribution in [1.29, 1.82) is 0 Å². The number of nitrogens with zero attached hydrogens (tertiary/aromatic N) is 3. The second kappa shape index (κ2) is 12.6. The largest absolute Gasteiger partial charge is 0.309 e. The van der Waals surface area contributed by atoms with Crippen LogP contribution in [0.4, 0.5) is 0 Å². The normalized spacial score (nSPS) is 11.6. The average Bonchev–Trinajstić information content (AvgIpc) is 3.61. The van der Waals surface area contributed by atoms with E-state index in [0.29, 0.717) is 5.82 Å². The number of hydrogen-bond donors (Lipinski definition) is 0. The molecule has 0 aliphatic rings. The van der Waals surface area contributed by atoms with Crippen molar-refractivity contribution in [3.63, 3.8) is 0 Å². The molecule has 0 saturated heterocycles. The van der Waals surface area contributed by atoms with E-state index in [9.17, 15) is 0 Å². The van der Waals surface area contributed by atoms with Gasteiger partial charge in [0, 0.05) is 38.7 Å². The zero-order valence-corrected chi connectivity index (χ0v) is 29.9. The Bertz CT molecular complexity index is 3250. The Labute approximate surface area is 318 Å². The van der Waals surface area contributed by atoms with Gasteiger partial charge in [-0.25, -0.2) is 9.97 Å². The van der Waals surface area contributed by atoms with Crippen molar-refractivity contribution in [3.8, 4) is 50.7 Å². The Morgan fingerprint density at radius 2 is 0.982 bits per heavy atom. The third kappa shape index (κ3) is 5.13. The molecule has 0 radical (unpaired) electrons. The summed E-state index contributed by atoms with van der Waals surface area (Å²) in [5.41, 5.74) is 10.7. The number of fused-ring (bicyclic) bond motifs is 7. The van der Waals surface area contributed by atoms with E-state index in [-0.39, 0.29) is 0 Å². The van der Waals surface area contributed by atoms with Crippen LogP contribution in [0.15, 0.2) is 200 Å². The molecule has 2 aromatic heterocycles. The van der Waals surface area contributed by atoms with E-state index in [2.05, 4.69) is 199 Å². The van der Waals surface area contributed by atoms with Gasteiger partial charge in [0.15, 0.2) is 5.82 Å². The summed E-state index contributed by atoms with van der Waals surface area (Å²) in [5, 5.41) is 9.64. The lowest BCUT2D eigenvalue weighted by Crippen LogP contribution is -1.98. The van der Waals surface area contributed by atoms with Crippen LogP contribution < -0.4 is 0 Å². The van der Waals surface area contributed by atoms with Gasteiger partial charge in [-0.05, 0) is 74.3 Å². The van der Waals surface area contributed by atoms with Crippen LogP contribution >= 0.6 is 0 Å². The Morgan fingerprint density at radius 3 is 1.84 bits per heavy atom. The van der Waals surface area contributed by atoms with E-state index < -0.39 is 0 Å². The minimum Gasteiger partial charge on any atom is -0.309 e. The average molecular weight is 700 g/mol. The maximum absolute atomic E-state index is 5.38. The summed E-state index contributed by atoms with van der Waals surface area (Å²) in [6.45, 7) is 0. The minimum atomic E-state index is 0.700. The number of hydrogen-bond acceptors (Lipinski definition) is 2. The molecule has 0 saturated carbocycles. The summed E-state index contributed by atoms with van der Waals surface area (Å²) in [5.74, 6) is 0.700. The van der Waals surface area contributed by atoms with Gasteiger partial charge in [-0.2, -0.15) is 0 Å². The monoisotopic (exact) mass is 699 g/mol. The van der Waals surface area contributed by atoms with Crippen LogP contribution in [0.5, 0.6) is 0 Å². The van der Waals surface area contributed by atoms with Crippen LogP contribution in [0.2, 0.25) is 0 Å². The molecule has 0 unspecified atom stereocenters. The summed E-state index contributed by atoms with van der Waals surface area (Å²) in [4.78, 5) is 10.7. The molecule has 0 spiro atoms. The molecule has 3 nitrogen and oxygen atoms in total. The van der Waals surface area contributed by atoms with Gasteiger partial charge in [-0.1, -0.05) is 164 Å². The molecule has 2 heterocycles. The Balaban J connectivity index is 1.18. The SMILES string of the molecule is c1ccc(-c2nc(-c3cccc(-c4cccc5c6ccccc6n(-c6ccccc6)c45)c3)cc(-c3c4ccccc4cc4ccc5ccccc5c34)n2)cc1. The molecule has 0 aliphatic carbocycles. The molecule has 55 heavy (non-hydrogen) atoms. The maximum Gasteiger partial charge on any atom is 0.160 e. The highest BCUT2D eigenvalue weighted by atomic mass is 15.0. The Hall–Kier alpha value is -7.36.